The molecule has 0 atom stereocenters. The highest BCUT2D eigenvalue weighted by Gasteiger charge is 2.18. The maximum Gasteiger partial charge on any atom is 0.251 e. The first-order chi connectivity index (χ1) is 9.72. The minimum atomic E-state index is -0.149. The van der Waals surface area contributed by atoms with E-state index in [1.165, 1.54) is 0 Å². The van der Waals surface area contributed by atoms with E-state index in [2.05, 4.69) is 15.6 Å². The average molecular weight is 267 g/mol. The van der Waals surface area contributed by atoms with Crippen LogP contribution in [0.5, 0.6) is 0 Å². The molecule has 100 valence electrons. The monoisotopic (exact) mass is 267 g/mol. The highest BCUT2D eigenvalue weighted by molar-refractivity contribution is 6.01. The Labute approximate surface area is 116 Å². The van der Waals surface area contributed by atoms with Crippen molar-refractivity contribution in [2.75, 3.05) is 5.32 Å². The third kappa shape index (κ3) is 2.51. The SMILES string of the molecule is O=C1Cc2cc(C(=O)NCc3ccncc3)ccc2N1. The minimum Gasteiger partial charge on any atom is -0.348 e. The van der Waals surface area contributed by atoms with Crippen molar-refractivity contribution in [3.63, 3.8) is 0 Å². The molecule has 2 N–H and O–H groups in total. The van der Waals surface area contributed by atoms with Crippen molar-refractivity contribution in [2.45, 2.75) is 13.0 Å². The molecule has 5 heteroatoms. The van der Waals surface area contributed by atoms with Crippen molar-refractivity contribution < 1.29 is 9.59 Å². The molecule has 2 aromatic rings. The van der Waals surface area contributed by atoms with Gasteiger partial charge in [0.1, 0.15) is 0 Å². The van der Waals surface area contributed by atoms with Gasteiger partial charge >= 0.3 is 0 Å². The number of benzene rings is 1. The lowest BCUT2D eigenvalue weighted by atomic mass is 10.1. The summed E-state index contributed by atoms with van der Waals surface area (Å²) < 4.78 is 0. The summed E-state index contributed by atoms with van der Waals surface area (Å²) in [6.45, 7) is 0.454. The molecule has 1 aromatic carbocycles. The number of nitrogens with one attached hydrogen (secondary N) is 2. The second-order valence-electron chi connectivity index (χ2n) is 4.64. The Bertz CT molecular complexity index is 668. The van der Waals surface area contributed by atoms with Crippen LogP contribution in [0.25, 0.3) is 0 Å². The van der Waals surface area contributed by atoms with Gasteiger partial charge in [-0.1, -0.05) is 0 Å². The van der Waals surface area contributed by atoms with Gasteiger partial charge in [0.2, 0.25) is 5.91 Å². The molecule has 0 unspecified atom stereocenters. The maximum absolute atomic E-state index is 12.1. The molecule has 1 aliphatic heterocycles. The number of aromatic nitrogens is 1. The van der Waals surface area contributed by atoms with E-state index in [1.54, 1.807) is 30.6 Å². The number of fused-ring (bicyclic) bond motifs is 1. The third-order valence-corrected chi connectivity index (χ3v) is 3.19. The summed E-state index contributed by atoms with van der Waals surface area (Å²) in [5, 5.41) is 5.59. The van der Waals surface area contributed by atoms with E-state index in [-0.39, 0.29) is 11.8 Å². The Kier molecular flexibility index (Phi) is 3.16. The predicted octanol–water partition coefficient (Wildman–Crippen LogP) is 1.51. The van der Waals surface area contributed by atoms with Crippen molar-refractivity contribution in [3.05, 3.63) is 59.4 Å². The van der Waals surface area contributed by atoms with Crippen LogP contribution in [0, 0.1) is 0 Å². The fourth-order valence-corrected chi connectivity index (χ4v) is 2.16. The quantitative estimate of drug-likeness (QED) is 0.885. The van der Waals surface area contributed by atoms with Crippen molar-refractivity contribution in [2.24, 2.45) is 0 Å². The Morgan fingerprint density at radius 3 is 2.85 bits per heavy atom. The average Bonchev–Trinajstić information content (AvgIpc) is 2.85. The van der Waals surface area contributed by atoms with E-state index in [1.807, 2.05) is 12.1 Å². The van der Waals surface area contributed by atoms with Gasteiger partial charge in [-0.15, -0.1) is 0 Å². The zero-order valence-electron chi connectivity index (χ0n) is 10.7. The fraction of sp³-hybridized carbons (Fsp3) is 0.133. The van der Waals surface area contributed by atoms with Crippen LogP contribution in [0.2, 0.25) is 0 Å². The molecule has 2 amide bonds. The topological polar surface area (TPSA) is 71.1 Å². The molecule has 1 aliphatic rings. The Morgan fingerprint density at radius 2 is 2.05 bits per heavy atom. The Balaban J connectivity index is 1.69. The van der Waals surface area contributed by atoms with Gasteiger partial charge in [0.25, 0.3) is 5.91 Å². The van der Waals surface area contributed by atoms with E-state index >= 15 is 0 Å². The molecule has 0 spiro atoms. The van der Waals surface area contributed by atoms with Crippen molar-refractivity contribution in [1.82, 2.24) is 10.3 Å². The number of carbonyl (C=O) groups is 2. The normalized spacial score (nSPS) is 12.7. The van der Waals surface area contributed by atoms with Gasteiger partial charge in [0, 0.05) is 30.2 Å². The lowest BCUT2D eigenvalue weighted by Crippen LogP contribution is -2.22. The molecular formula is C15H13N3O2. The number of rotatable bonds is 3. The fourth-order valence-electron chi connectivity index (χ4n) is 2.16. The lowest BCUT2D eigenvalue weighted by molar-refractivity contribution is -0.115. The van der Waals surface area contributed by atoms with Crippen LogP contribution < -0.4 is 10.6 Å². The van der Waals surface area contributed by atoms with Crippen LogP contribution in [0.15, 0.2) is 42.7 Å². The summed E-state index contributed by atoms with van der Waals surface area (Å²) in [7, 11) is 0. The van der Waals surface area contributed by atoms with Crippen LogP contribution in [0.1, 0.15) is 21.5 Å². The minimum absolute atomic E-state index is 0.0330. The molecule has 0 saturated carbocycles. The smallest absolute Gasteiger partial charge is 0.251 e. The highest BCUT2D eigenvalue weighted by atomic mass is 16.2. The summed E-state index contributed by atoms with van der Waals surface area (Å²) >= 11 is 0. The van der Waals surface area contributed by atoms with E-state index < -0.39 is 0 Å². The predicted molar refractivity (Wildman–Crippen MR) is 74.2 cm³/mol. The lowest BCUT2D eigenvalue weighted by Gasteiger charge is -2.06. The molecule has 0 saturated heterocycles. The molecule has 3 rings (SSSR count). The second-order valence-corrected chi connectivity index (χ2v) is 4.64. The standard InChI is InChI=1S/C15H13N3O2/c19-14-8-12-7-11(1-2-13(12)18-14)15(20)17-9-10-3-5-16-6-4-10/h1-7H,8-9H2,(H,17,20)(H,18,19). The summed E-state index contributed by atoms with van der Waals surface area (Å²) in [5.74, 6) is -0.182. The molecule has 2 heterocycles. The van der Waals surface area contributed by atoms with Gasteiger partial charge in [0.05, 0.1) is 6.42 Å². The molecule has 0 radical (unpaired) electrons. The molecular weight excluding hydrogens is 254 g/mol. The summed E-state index contributed by atoms with van der Waals surface area (Å²) in [6, 6.07) is 8.94. The van der Waals surface area contributed by atoms with Gasteiger partial charge < -0.3 is 10.6 Å². The largest absolute Gasteiger partial charge is 0.348 e. The van der Waals surface area contributed by atoms with Crippen LogP contribution >= 0.6 is 0 Å². The van der Waals surface area contributed by atoms with Gasteiger partial charge in [-0.25, -0.2) is 0 Å². The maximum atomic E-state index is 12.1. The first kappa shape index (κ1) is 12.3. The van der Waals surface area contributed by atoms with Gasteiger partial charge in [-0.05, 0) is 41.5 Å². The number of carbonyl (C=O) groups excluding carboxylic acids is 2. The molecule has 20 heavy (non-hydrogen) atoms. The van der Waals surface area contributed by atoms with Crippen LogP contribution in [0.4, 0.5) is 5.69 Å². The van der Waals surface area contributed by atoms with E-state index in [0.717, 1.165) is 16.8 Å². The molecule has 1 aromatic heterocycles. The van der Waals surface area contributed by atoms with Gasteiger partial charge in [0.15, 0.2) is 0 Å². The number of amides is 2. The second kappa shape index (κ2) is 5.13. The first-order valence-corrected chi connectivity index (χ1v) is 6.32. The Morgan fingerprint density at radius 1 is 1.25 bits per heavy atom. The number of hydrogen-bond donors (Lipinski definition) is 2. The first-order valence-electron chi connectivity index (χ1n) is 6.32. The van der Waals surface area contributed by atoms with Gasteiger partial charge in [-0.3, -0.25) is 14.6 Å². The number of anilines is 1. The van der Waals surface area contributed by atoms with E-state index in [0.29, 0.717) is 18.5 Å². The van der Waals surface area contributed by atoms with Crippen LogP contribution in [0.3, 0.4) is 0 Å². The zero-order valence-corrected chi connectivity index (χ0v) is 10.7. The molecule has 0 bridgehead atoms. The van der Waals surface area contributed by atoms with E-state index in [4.69, 9.17) is 0 Å². The van der Waals surface area contributed by atoms with Crippen LogP contribution in [-0.4, -0.2) is 16.8 Å². The summed E-state index contributed by atoms with van der Waals surface area (Å²) in [5.41, 5.74) is 3.22. The van der Waals surface area contributed by atoms with Crippen molar-refractivity contribution in [1.29, 1.82) is 0 Å². The highest BCUT2D eigenvalue weighted by Crippen LogP contribution is 2.23. The van der Waals surface area contributed by atoms with Crippen molar-refractivity contribution in [3.8, 4) is 0 Å². The van der Waals surface area contributed by atoms with Gasteiger partial charge in [-0.2, -0.15) is 0 Å². The van der Waals surface area contributed by atoms with E-state index in [9.17, 15) is 9.59 Å². The number of pyridine rings is 1. The Hall–Kier alpha value is -2.69. The number of nitrogens with zero attached hydrogens (tertiary/aromatic N) is 1. The summed E-state index contributed by atoms with van der Waals surface area (Å²) in [4.78, 5) is 27.3. The summed E-state index contributed by atoms with van der Waals surface area (Å²) in [6.07, 6.45) is 3.71. The number of hydrogen-bond acceptors (Lipinski definition) is 3. The van der Waals surface area contributed by atoms with Crippen molar-refractivity contribution >= 4 is 17.5 Å². The third-order valence-electron chi connectivity index (χ3n) is 3.19. The zero-order chi connectivity index (χ0) is 13.9. The molecule has 0 fully saturated rings. The molecule has 0 aliphatic carbocycles. The molecule has 5 nitrogen and oxygen atoms in total. The van der Waals surface area contributed by atoms with Crippen LogP contribution in [-0.2, 0) is 17.8 Å².